The summed E-state index contributed by atoms with van der Waals surface area (Å²) in [4.78, 5) is 3.82. The third kappa shape index (κ3) is 2.39. The van der Waals surface area contributed by atoms with E-state index < -0.39 is 0 Å². The first-order valence-electron chi connectivity index (χ1n) is 2.42. The number of anilines is 1. The first-order chi connectivity index (χ1) is 4.33. The molecule has 3 nitrogen and oxygen atoms in total. The quantitative estimate of drug-likeness (QED) is 0.390. The number of halogens is 2. The van der Waals surface area contributed by atoms with Crippen LogP contribution in [0.25, 0.3) is 0 Å². The van der Waals surface area contributed by atoms with E-state index in [1.165, 1.54) is 0 Å². The number of rotatable bonds is 1. The van der Waals surface area contributed by atoms with E-state index in [-0.39, 0.29) is 12.4 Å². The molecule has 0 aliphatic heterocycles. The van der Waals surface area contributed by atoms with Gasteiger partial charge in [0.05, 0.1) is 0 Å². The van der Waals surface area contributed by atoms with Crippen molar-refractivity contribution in [1.29, 1.82) is 0 Å². The summed E-state index contributed by atoms with van der Waals surface area (Å²) in [6.07, 6.45) is 0. The molecule has 0 aliphatic carbocycles. The Balaban J connectivity index is 0.000000810. The second kappa shape index (κ2) is 4.33. The van der Waals surface area contributed by atoms with Crippen molar-refractivity contribution >= 4 is 29.8 Å². The zero-order chi connectivity index (χ0) is 6.69. The number of pyridine rings is 1. The molecule has 0 bridgehead atoms. The van der Waals surface area contributed by atoms with E-state index in [1.807, 2.05) is 0 Å². The molecule has 0 saturated carbocycles. The lowest BCUT2D eigenvalue weighted by Gasteiger charge is -1.95. The smallest absolute Gasteiger partial charge is 0.141 e. The number of nitrogens with two attached hydrogens (primary N) is 1. The minimum atomic E-state index is 0. The molecule has 0 unspecified atom stereocenters. The Kier molecular flexibility index (Phi) is 4.11. The van der Waals surface area contributed by atoms with Crippen molar-refractivity contribution < 1.29 is 0 Å². The van der Waals surface area contributed by atoms with E-state index in [0.717, 1.165) is 0 Å². The Morgan fingerprint density at radius 1 is 1.50 bits per heavy atom. The van der Waals surface area contributed by atoms with Crippen LogP contribution < -0.4 is 11.3 Å². The van der Waals surface area contributed by atoms with Gasteiger partial charge in [-0.1, -0.05) is 17.7 Å². The van der Waals surface area contributed by atoms with Crippen LogP contribution in [0.3, 0.4) is 0 Å². The second-order valence-corrected chi connectivity index (χ2v) is 1.88. The van der Waals surface area contributed by atoms with E-state index >= 15 is 0 Å². The Morgan fingerprint density at radius 2 is 2.20 bits per heavy atom. The minimum Gasteiger partial charge on any atom is -0.308 e. The van der Waals surface area contributed by atoms with Gasteiger partial charge in [-0.3, -0.25) is 0 Å². The number of hydrogen-bond donors (Lipinski definition) is 2. The molecular weight excluding hydrogens is 173 g/mol. The first-order valence-corrected chi connectivity index (χ1v) is 2.80. The molecule has 56 valence electrons. The highest BCUT2D eigenvalue weighted by Gasteiger charge is 1.88. The van der Waals surface area contributed by atoms with Crippen molar-refractivity contribution in [3.63, 3.8) is 0 Å². The third-order valence-corrected chi connectivity index (χ3v) is 1.07. The molecule has 10 heavy (non-hydrogen) atoms. The first kappa shape index (κ1) is 9.49. The number of hydrazine groups is 1. The maximum atomic E-state index is 5.52. The Hall–Kier alpha value is -0.510. The van der Waals surface area contributed by atoms with Crippen molar-refractivity contribution in [2.24, 2.45) is 5.84 Å². The highest BCUT2D eigenvalue weighted by Crippen LogP contribution is 2.06. The van der Waals surface area contributed by atoms with Crippen molar-refractivity contribution in [3.8, 4) is 0 Å². The second-order valence-electron chi connectivity index (χ2n) is 1.49. The van der Waals surface area contributed by atoms with Crippen LogP contribution in [0.15, 0.2) is 18.2 Å². The number of hydrogen-bond acceptors (Lipinski definition) is 3. The van der Waals surface area contributed by atoms with Crippen LogP contribution in [0, 0.1) is 0 Å². The Bertz CT molecular complexity index is 204. The molecule has 1 aromatic heterocycles. The van der Waals surface area contributed by atoms with Crippen LogP contribution in [-0.2, 0) is 0 Å². The molecule has 5 heteroatoms. The standard InChI is InChI=1S/C5H6ClN3.ClH/c6-4-2-1-3-5(8-4)9-7;/h1-3H,7H2,(H,8,9);1H. The highest BCUT2D eigenvalue weighted by molar-refractivity contribution is 6.29. The number of aromatic nitrogens is 1. The number of nitrogens with zero attached hydrogens (tertiary/aromatic N) is 1. The summed E-state index contributed by atoms with van der Waals surface area (Å²) in [7, 11) is 0. The fraction of sp³-hybridized carbons (Fsp3) is 0. The van der Waals surface area contributed by atoms with Gasteiger partial charge in [0.25, 0.3) is 0 Å². The molecule has 0 saturated heterocycles. The average molecular weight is 180 g/mol. The molecule has 1 heterocycles. The Labute approximate surface area is 70.0 Å². The summed E-state index contributed by atoms with van der Waals surface area (Å²) in [5.74, 6) is 5.62. The monoisotopic (exact) mass is 179 g/mol. The van der Waals surface area contributed by atoms with Crippen LogP contribution in [0.1, 0.15) is 0 Å². The van der Waals surface area contributed by atoms with Crippen LogP contribution in [0.4, 0.5) is 5.82 Å². The molecule has 1 rings (SSSR count). The van der Waals surface area contributed by atoms with E-state index in [2.05, 4.69) is 10.4 Å². The largest absolute Gasteiger partial charge is 0.308 e. The molecule has 0 spiro atoms. The molecule has 0 aliphatic rings. The lowest BCUT2D eigenvalue weighted by Crippen LogP contribution is -2.07. The van der Waals surface area contributed by atoms with Gasteiger partial charge in [0.15, 0.2) is 0 Å². The average Bonchev–Trinajstić information content (AvgIpc) is 1.88. The Morgan fingerprint density at radius 3 is 2.60 bits per heavy atom. The van der Waals surface area contributed by atoms with Gasteiger partial charge in [0.1, 0.15) is 11.0 Å². The van der Waals surface area contributed by atoms with Crippen LogP contribution >= 0.6 is 24.0 Å². The number of nitrogen functional groups attached to an aromatic ring is 1. The molecule has 1 aromatic rings. The van der Waals surface area contributed by atoms with Crippen molar-refractivity contribution in [2.75, 3.05) is 5.43 Å². The highest BCUT2D eigenvalue weighted by atomic mass is 35.5. The van der Waals surface area contributed by atoms with Gasteiger partial charge in [-0.05, 0) is 12.1 Å². The third-order valence-electron chi connectivity index (χ3n) is 0.863. The predicted octanol–water partition coefficient (Wildman–Crippen LogP) is 1.44. The topological polar surface area (TPSA) is 50.9 Å². The summed E-state index contributed by atoms with van der Waals surface area (Å²) in [6.45, 7) is 0. The minimum absolute atomic E-state index is 0. The zero-order valence-electron chi connectivity index (χ0n) is 5.04. The maximum absolute atomic E-state index is 5.52. The summed E-state index contributed by atoms with van der Waals surface area (Å²) < 4.78 is 0. The lowest BCUT2D eigenvalue weighted by atomic mass is 10.5. The lowest BCUT2D eigenvalue weighted by molar-refractivity contribution is 1.23. The number of nitrogens with one attached hydrogen (secondary N) is 1. The summed E-state index contributed by atoms with van der Waals surface area (Å²) >= 11 is 5.52. The predicted molar refractivity (Wildman–Crippen MR) is 44.3 cm³/mol. The van der Waals surface area contributed by atoms with Gasteiger partial charge in [-0.2, -0.15) is 0 Å². The molecule has 3 N–H and O–H groups in total. The summed E-state index contributed by atoms with van der Waals surface area (Å²) in [5.41, 5.74) is 2.37. The van der Waals surface area contributed by atoms with Gasteiger partial charge in [-0.25, -0.2) is 10.8 Å². The molecule has 0 atom stereocenters. The molecule has 0 radical (unpaired) electrons. The maximum Gasteiger partial charge on any atom is 0.141 e. The van der Waals surface area contributed by atoms with Gasteiger partial charge in [0.2, 0.25) is 0 Å². The molecule has 0 fully saturated rings. The van der Waals surface area contributed by atoms with Crippen molar-refractivity contribution in [3.05, 3.63) is 23.4 Å². The van der Waals surface area contributed by atoms with Crippen LogP contribution in [0.2, 0.25) is 5.15 Å². The normalized spacial score (nSPS) is 8.20. The van der Waals surface area contributed by atoms with Gasteiger partial charge < -0.3 is 5.43 Å². The van der Waals surface area contributed by atoms with Gasteiger partial charge >= 0.3 is 0 Å². The van der Waals surface area contributed by atoms with Crippen LogP contribution in [-0.4, -0.2) is 4.98 Å². The van der Waals surface area contributed by atoms with Crippen LogP contribution in [0.5, 0.6) is 0 Å². The van der Waals surface area contributed by atoms with Crippen molar-refractivity contribution in [1.82, 2.24) is 4.98 Å². The molecule has 0 amide bonds. The zero-order valence-corrected chi connectivity index (χ0v) is 6.62. The van der Waals surface area contributed by atoms with E-state index in [1.54, 1.807) is 18.2 Å². The summed E-state index contributed by atoms with van der Waals surface area (Å²) in [6, 6.07) is 5.18. The SMILES string of the molecule is Cl.NNc1cccc(Cl)n1. The fourth-order valence-electron chi connectivity index (χ4n) is 0.489. The fourth-order valence-corrected chi connectivity index (χ4v) is 0.652. The van der Waals surface area contributed by atoms with Gasteiger partial charge in [-0.15, -0.1) is 12.4 Å². The molecular formula is C5H7Cl2N3. The van der Waals surface area contributed by atoms with E-state index in [4.69, 9.17) is 17.4 Å². The summed E-state index contributed by atoms with van der Waals surface area (Å²) in [5, 5.41) is 0.436. The van der Waals surface area contributed by atoms with Gasteiger partial charge in [0, 0.05) is 0 Å². The van der Waals surface area contributed by atoms with E-state index in [9.17, 15) is 0 Å². The van der Waals surface area contributed by atoms with Crippen molar-refractivity contribution in [2.45, 2.75) is 0 Å². The van der Waals surface area contributed by atoms with E-state index in [0.29, 0.717) is 11.0 Å². The molecule has 0 aromatic carbocycles.